The highest BCUT2D eigenvalue weighted by molar-refractivity contribution is 6.34. The minimum absolute atomic E-state index is 0.0785. The van der Waals surface area contributed by atoms with E-state index in [0.717, 1.165) is 19.3 Å². The SMILES string of the molecule is O=C(O)CCC(Cl)C(=O)c1ccc2c(c1)CCC2. The normalized spacial score (nSPS) is 15.2. The number of Topliss-reactive ketones (excluding diaryl/α,β-unsaturated/α-hetero) is 1. The van der Waals surface area contributed by atoms with Crippen molar-refractivity contribution in [3.05, 3.63) is 34.9 Å². The van der Waals surface area contributed by atoms with Crippen LogP contribution in [0, 0.1) is 0 Å². The molecule has 0 spiro atoms. The number of carboxylic acid groups (broad SMARTS) is 1. The molecule has 3 nitrogen and oxygen atoms in total. The molecule has 1 aliphatic rings. The number of aryl methyl sites for hydroxylation is 2. The van der Waals surface area contributed by atoms with Crippen LogP contribution < -0.4 is 0 Å². The van der Waals surface area contributed by atoms with Gasteiger partial charge in [0.05, 0.1) is 5.38 Å². The molecule has 2 rings (SSSR count). The Balaban J connectivity index is 2.06. The topological polar surface area (TPSA) is 54.4 Å². The van der Waals surface area contributed by atoms with Crippen LogP contribution in [-0.2, 0) is 17.6 Å². The number of alkyl halides is 1. The Bertz CT molecular complexity index is 482. The first-order chi connectivity index (χ1) is 8.58. The standard InChI is InChI=1S/C14H15ClO3/c15-12(6-7-13(16)17)14(18)11-5-4-9-2-1-3-10(9)8-11/h4-5,8,12H,1-3,6-7H2,(H,16,17). The second-order valence-corrected chi connectivity index (χ2v) is 5.13. The van der Waals surface area contributed by atoms with E-state index in [1.807, 2.05) is 12.1 Å². The number of aliphatic carboxylic acids is 1. The molecule has 1 aliphatic carbocycles. The molecule has 1 unspecified atom stereocenters. The molecule has 0 aliphatic heterocycles. The molecule has 0 fully saturated rings. The average Bonchev–Trinajstić information content (AvgIpc) is 2.81. The summed E-state index contributed by atoms with van der Waals surface area (Å²) < 4.78 is 0. The summed E-state index contributed by atoms with van der Waals surface area (Å²) >= 11 is 5.95. The van der Waals surface area contributed by atoms with Crippen LogP contribution in [0.15, 0.2) is 18.2 Å². The van der Waals surface area contributed by atoms with Crippen molar-refractivity contribution in [1.29, 1.82) is 0 Å². The van der Waals surface area contributed by atoms with Gasteiger partial charge in [0.1, 0.15) is 0 Å². The lowest BCUT2D eigenvalue weighted by Gasteiger charge is -2.08. The van der Waals surface area contributed by atoms with E-state index in [9.17, 15) is 9.59 Å². The Morgan fingerprint density at radius 3 is 2.72 bits per heavy atom. The van der Waals surface area contributed by atoms with Gasteiger partial charge in [0.15, 0.2) is 5.78 Å². The van der Waals surface area contributed by atoms with E-state index in [0.29, 0.717) is 5.56 Å². The van der Waals surface area contributed by atoms with E-state index >= 15 is 0 Å². The minimum Gasteiger partial charge on any atom is -0.481 e. The maximum atomic E-state index is 12.0. The van der Waals surface area contributed by atoms with Crippen molar-refractivity contribution in [3.63, 3.8) is 0 Å². The predicted molar refractivity (Wildman–Crippen MR) is 69.3 cm³/mol. The molecule has 1 N–H and O–H groups in total. The van der Waals surface area contributed by atoms with Crippen molar-refractivity contribution in [2.75, 3.05) is 0 Å². The van der Waals surface area contributed by atoms with Gasteiger partial charge in [0, 0.05) is 12.0 Å². The first-order valence-corrected chi connectivity index (χ1v) is 6.53. The molecule has 0 aromatic heterocycles. The van der Waals surface area contributed by atoms with Crippen molar-refractivity contribution in [1.82, 2.24) is 0 Å². The maximum Gasteiger partial charge on any atom is 0.303 e. The summed E-state index contributed by atoms with van der Waals surface area (Å²) in [5.41, 5.74) is 3.13. The number of hydrogen-bond acceptors (Lipinski definition) is 2. The predicted octanol–water partition coefficient (Wildman–Crippen LogP) is 2.83. The fourth-order valence-corrected chi connectivity index (χ4v) is 2.52. The molecule has 1 aromatic rings. The second kappa shape index (κ2) is 5.53. The van der Waals surface area contributed by atoms with Gasteiger partial charge in [0.2, 0.25) is 0 Å². The molecule has 0 saturated heterocycles. The number of carboxylic acids is 1. The van der Waals surface area contributed by atoms with E-state index < -0.39 is 11.3 Å². The van der Waals surface area contributed by atoms with Crippen LogP contribution in [0.3, 0.4) is 0 Å². The fourth-order valence-electron chi connectivity index (χ4n) is 2.29. The third-order valence-electron chi connectivity index (χ3n) is 3.28. The van der Waals surface area contributed by atoms with Gasteiger partial charge in [-0.3, -0.25) is 9.59 Å². The summed E-state index contributed by atoms with van der Waals surface area (Å²) in [5, 5.41) is 7.82. The van der Waals surface area contributed by atoms with Crippen molar-refractivity contribution in [2.24, 2.45) is 0 Å². The van der Waals surface area contributed by atoms with Crippen LogP contribution in [0.1, 0.15) is 40.7 Å². The Hall–Kier alpha value is -1.35. The molecule has 18 heavy (non-hydrogen) atoms. The largest absolute Gasteiger partial charge is 0.481 e. The first kappa shape index (κ1) is 13.1. The Labute approximate surface area is 111 Å². The smallest absolute Gasteiger partial charge is 0.303 e. The lowest BCUT2D eigenvalue weighted by molar-refractivity contribution is -0.137. The van der Waals surface area contributed by atoms with E-state index in [1.54, 1.807) is 6.07 Å². The van der Waals surface area contributed by atoms with E-state index in [-0.39, 0.29) is 18.6 Å². The lowest BCUT2D eigenvalue weighted by atomic mass is 10.0. The van der Waals surface area contributed by atoms with E-state index in [2.05, 4.69) is 0 Å². The van der Waals surface area contributed by atoms with Crippen LogP contribution in [-0.4, -0.2) is 22.2 Å². The summed E-state index contributed by atoms with van der Waals surface area (Å²) in [6.45, 7) is 0. The maximum absolute atomic E-state index is 12.0. The van der Waals surface area contributed by atoms with Gasteiger partial charge in [-0.05, 0) is 42.9 Å². The molecule has 0 radical (unpaired) electrons. The van der Waals surface area contributed by atoms with Crippen molar-refractivity contribution < 1.29 is 14.7 Å². The van der Waals surface area contributed by atoms with Crippen LogP contribution in [0.2, 0.25) is 0 Å². The minimum atomic E-state index is -0.928. The van der Waals surface area contributed by atoms with Crippen LogP contribution in [0.25, 0.3) is 0 Å². The quantitative estimate of drug-likeness (QED) is 0.659. The number of hydrogen-bond donors (Lipinski definition) is 1. The van der Waals surface area contributed by atoms with E-state index in [1.165, 1.54) is 11.1 Å². The van der Waals surface area contributed by atoms with Crippen LogP contribution in [0.5, 0.6) is 0 Å². The number of carbonyl (C=O) groups is 2. The Morgan fingerprint density at radius 1 is 1.28 bits per heavy atom. The molecule has 96 valence electrons. The van der Waals surface area contributed by atoms with Gasteiger partial charge in [-0.1, -0.05) is 12.1 Å². The second-order valence-electron chi connectivity index (χ2n) is 4.60. The highest BCUT2D eigenvalue weighted by atomic mass is 35.5. The molecule has 0 heterocycles. The molecule has 0 saturated carbocycles. The van der Waals surface area contributed by atoms with Gasteiger partial charge in [-0.25, -0.2) is 0 Å². The van der Waals surface area contributed by atoms with Crippen molar-refractivity contribution in [3.8, 4) is 0 Å². The molecule has 4 heteroatoms. The number of carbonyl (C=O) groups excluding carboxylic acids is 1. The summed E-state index contributed by atoms with van der Waals surface area (Å²) in [6.07, 6.45) is 3.32. The summed E-state index contributed by atoms with van der Waals surface area (Å²) in [4.78, 5) is 22.5. The lowest BCUT2D eigenvalue weighted by Crippen LogP contribution is -2.16. The zero-order valence-corrected chi connectivity index (χ0v) is 10.7. The van der Waals surface area contributed by atoms with Gasteiger partial charge in [-0.2, -0.15) is 0 Å². The third kappa shape index (κ3) is 2.91. The number of rotatable bonds is 5. The molecule has 1 aromatic carbocycles. The summed E-state index contributed by atoms with van der Waals surface area (Å²) in [5.74, 6) is -1.10. The summed E-state index contributed by atoms with van der Waals surface area (Å²) in [7, 11) is 0. The average molecular weight is 267 g/mol. The zero-order chi connectivity index (χ0) is 13.1. The first-order valence-electron chi connectivity index (χ1n) is 6.10. The molecule has 0 bridgehead atoms. The molecular formula is C14H15ClO3. The fraction of sp³-hybridized carbons (Fsp3) is 0.429. The van der Waals surface area contributed by atoms with Crippen LogP contribution in [0.4, 0.5) is 0 Å². The zero-order valence-electron chi connectivity index (χ0n) is 9.99. The number of ketones is 1. The monoisotopic (exact) mass is 266 g/mol. The number of fused-ring (bicyclic) bond motifs is 1. The van der Waals surface area contributed by atoms with Gasteiger partial charge >= 0.3 is 5.97 Å². The molecular weight excluding hydrogens is 252 g/mol. The Kier molecular flexibility index (Phi) is 4.02. The van der Waals surface area contributed by atoms with Gasteiger partial charge in [0.25, 0.3) is 0 Å². The van der Waals surface area contributed by atoms with E-state index in [4.69, 9.17) is 16.7 Å². The Morgan fingerprint density at radius 2 is 2.00 bits per heavy atom. The van der Waals surface area contributed by atoms with Crippen molar-refractivity contribution >= 4 is 23.4 Å². The highest BCUT2D eigenvalue weighted by Gasteiger charge is 2.20. The van der Waals surface area contributed by atoms with Gasteiger partial charge < -0.3 is 5.11 Å². The number of benzene rings is 1. The number of halogens is 1. The third-order valence-corrected chi connectivity index (χ3v) is 3.70. The summed E-state index contributed by atoms with van der Waals surface area (Å²) in [6, 6.07) is 5.68. The van der Waals surface area contributed by atoms with Crippen molar-refractivity contribution in [2.45, 2.75) is 37.5 Å². The highest BCUT2D eigenvalue weighted by Crippen LogP contribution is 2.24. The molecule has 0 amide bonds. The molecule has 1 atom stereocenters. The van der Waals surface area contributed by atoms with Crippen LogP contribution >= 0.6 is 11.6 Å². The van der Waals surface area contributed by atoms with Gasteiger partial charge in [-0.15, -0.1) is 11.6 Å².